The molecule has 0 aromatic heterocycles. The summed E-state index contributed by atoms with van der Waals surface area (Å²) in [6, 6.07) is 16.5. The number of urea groups is 1. The first-order valence-corrected chi connectivity index (χ1v) is 13.8. The Balaban J connectivity index is 1.34. The van der Waals surface area contributed by atoms with Crippen LogP contribution in [0.4, 0.5) is 10.5 Å². The van der Waals surface area contributed by atoms with Crippen LogP contribution in [0.1, 0.15) is 37.7 Å². The molecule has 2 unspecified atom stereocenters. The fourth-order valence-electron chi connectivity index (χ4n) is 6.02. The second kappa shape index (κ2) is 12.0. The van der Waals surface area contributed by atoms with Crippen LogP contribution in [0.25, 0.3) is 0 Å². The van der Waals surface area contributed by atoms with Crippen LogP contribution in [0.5, 0.6) is 11.5 Å². The van der Waals surface area contributed by atoms with Gasteiger partial charge in [-0.3, -0.25) is 4.79 Å². The van der Waals surface area contributed by atoms with E-state index in [1.165, 1.54) is 25.5 Å². The van der Waals surface area contributed by atoms with Crippen molar-refractivity contribution in [1.82, 2.24) is 9.80 Å². The number of hydrogen-bond donors (Lipinski definition) is 0. The summed E-state index contributed by atoms with van der Waals surface area (Å²) in [5, 5.41) is 0. The van der Waals surface area contributed by atoms with Gasteiger partial charge < -0.3 is 28.9 Å². The largest absolute Gasteiger partial charge is 0.493 e. The number of carbonyl (C=O) groups excluding carboxylic acids is 2. The van der Waals surface area contributed by atoms with Crippen molar-refractivity contribution in [3.05, 3.63) is 54.1 Å². The highest BCUT2D eigenvalue weighted by Gasteiger charge is 2.38. The second-order valence-electron chi connectivity index (χ2n) is 10.6. The van der Waals surface area contributed by atoms with Crippen molar-refractivity contribution >= 4 is 17.7 Å². The van der Waals surface area contributed by atoms with Gasteiger partial charge in [-0.25, -0.2) is 4.79 Å². The van der Waals surface area contributed by atoms with Gasteiger partial charge in [0.1, 0.15) is 0 Å². The maximum absolute atomic E-state index is 13.7. The van der Waals surface area contributed by atoms with Gasteiger partial charge in [0.25, 0.3) is 0 Å². The van der Waals surface area contributed by atoms with Crippen molar-refractivity contribution < 1.29 is 23.8 Å². The maximum atomic E-state index is 13.7. The van der Waals surface area contributed by atoms with Gasteiger partial charge in [0, 0.05) is 44.5 Å². The average molecular weight is 522 g/mol. The molecule has 8 nitrogen and oxygen atoms in total. The molecule has 1 saturated carbocycles. The molecule has 204 valence electrons. The molecule has 0 radical (unpaired) electrons. The number of hydrogen-bond acceptors (Lipinski definition) is 6. The molecule has 0 spiro atoms. The molecule has 2 atom stereocenters. The fourth-order valence-corrected chi connectivity index (χ4v) is 6.02. The third-order valence-corrected chi connectivity index (χ3v) is 8.14. The monoisotopic (exact) mass is 521 g/mol. The van der Waals surface area contributed by atoms with Crippen LogP contribution < -0.4 is 14.4 Å². The van der Waals surface area contributed by atoms with E-state index in [2.05, 4.69) is 29.2 Å². The predicted octanol–water partition coefficient (Wildman–Crippen LogP) is 4.36. The lowest BCUT2D eigenvalue weighted by Gasteiger charge is -2.44. The lowest BCUT2D eigenvalue weighted by molar-refractivity contribution is -0.144. The van der Waals surface area contributed by atoms with Crippen molar-refractivity contribution in [2.24, 2.45) is 5.92 Å². The quantitative estimate of drug-likeness (QED) is 0.504. The number of rotatable bonds is 7. The van der Waals surface area contributed by atoms with Crippen LogP contribution >= 0.6 is 0 Å². The smallest absolute Gasteiger partial charge is 0.320 e. The molecule has 2 heterocycles. The Morgan fingerprint density at radius 3 is 2.42 bits per heavy atom. The van der Waals surface area contributed by atoms with E-state index >= 15 is 0 Å². The van der Waals surface area contributed by atoms with Crippen LogP contribution in [0, 0.1) is 5.92 Å². The highest BCUT2D eigenvalue weighted by Crippen LogP contribution is 2.36. The molecule has 38 heavy (non-hydrogen) atoms. The van der Waals surface area contributed by atoms with E-state index in [4.69, 9.17) is 14.2 Å². The number of piperazine rings is 1. The predicted molar refractivity (Wildman–Crippen MR) is 146 cm³/mol. The summed E-state index contributed by atoms with van der Waals surface area (Å²) in [7, 11) is 3.09. The summed E-state index contributed by atoms with van der Waals surface area (Å²) in [5.41, 5.74) is 2.28. The van der Waals surface area contributed by atoms with Gasteiger partial charge in [0.15, 0.2) is 11.5 Å². The third kappa shape index (κ3) is 5.84. The maximum Gasteiger partial charge on any atom is 0.320 e. The van der Waals surface area contributed by atoms with Crippen molar-refractivity contribution in [2.75, 3.05) is 51.8 Å². The standard InChI is InChI=1S/C30H39N3O5/c1-36-27-13-12-24(19-28(27)38-26-10-6-7-11-26)31-16-17-33(25(21-31)18-22-8-4-3-5-9-22)30(35)32-15-14-23(20-32)29(34)37-2/h3-5,8-9,12-13,19,23,25-26H,6-7,10-11,14-18,20-21H2,1-2H3. The zero-order chi connectivity index (χ0) is 26.5. The van der Waals surface area contributed by atoms with E-state index in [0.29, 0.717) is 32.6 Å². The molecule has 5 rings (SSSR count). The Bertz CT molecular complexity index is 1100. The molecule has 2 aromatic rings. The van der Waals surface area contributed by atoms with E-state index in [1.807, 2.05) is 34.1 Å². The highest BCUT2D eigenvalue weighted by atomic mass is 16.5. The minimum absolute atomic E-state index is 0.00266. The lowest BCUT2D eigenvalue weighted by atomic mass is 10.0. The summed E-state index contributed by atoms with van der Waals surface area (Å²) in [5.74, 6) is 1.07. The molecule has 2 aliphatic heterocycles. The van der Waals surface area contributed by atoms with Gasteiger partial charge in [-0.15, -0.1) is 0 Å². The molecule has 2 aromatic carbocycles. The van der Waals surface area contributed by atoms with Crippen molar-refractivity contribution in [2.45, 2.75) is 50.7 Å². The number of methoxy groups -OCH3 is 2. The first-order valence-electron chi connectivity index (χ1n) is 13.8. The van der Waals surface area contributed by atoms with E-state index in [9.17, 15) is 9.59 Å². The van der Waals surface area contributed by atoms with Gasteiger partial charge in [-0.05, 0) is 56.2 Å². The molecule has 2 saturated heterocycles. The number of likely N-dealkylation sites (tertiary alicyclic amines) is 1. The van der Waals surface area contributed by atoms with E-state index in [-0.39, 0.29) is 30.1 Å². The highest BCUT2D eigenvalue weighted by molar-refractivity contribution is 5.79. The summed E-state index contributed by atoms with van der Waals surface area (Å²) in [6.07, 6.45) is 6.24. The summed E-state index contributed by atoms with van der Waals surface area (Å²) < 4.78 is 16.9. The number of esters is 1. The van der Waals surface area contributed by atoms with Crippen LogP contribution in [-0.2, 0) is 16.0 Å². The molecule has 3 aliphatic rings. The van der Waals surface area contributed by atoms with Crippen molar-refractivity contribution in [3.63, 3.8) is 0 Å². The molecule has 8 heteroatoms. The Kier molecular flexibility index (Phi) is 8.25. The number of anilines is 1. The molecule has 0 N–H and O–H groups in total. The Hall–Kier alpha value is -3.42. The van der Waals surface area contributed by atoms with Gasteiger partial charge >= 0.3 is 12.0 Å². The van der Waals surface area contributed by atoms with Gasteiger partial charge in [0.2, 0.25) is 0 Å². The van der Waals surface area contributed by atoms with Crippen LogP contribution in [-0.4, -0.2) is 80.9 Å². The normalized spacial score (nSPS) is 22.0. The third-order valence-electron chi connectivity index (χ3n) is 8.14. The van der Waals surface area contributed by atoms with E-state index < -0.39 is 0 Å². The molecule has 3 fully saturated rings. The van der Waals surface area contributed by atoms with Crippen LogP contribution in [0.3, 0.4) is 0 Å². The number of amides is 2. The van der Waals surface area contributed by atoms with Gasteiger partial charge in [0.05, 0.1) is 32.3 Å². The Labute approximate surface area is 225 Å². The number of nitrogens with zero attached hydrogens (tertiary/aromatic N) is 3. The van der Waals surface area contributed by atoms with E-state index in [1.54, 1.807) is 7.11 Å². The first-order chi connectivity index (χ1) is 18.6. The molecular weight excluding hydrogens is 482 g/mol. The van der Waals surface area contributed by atoms with Crippen molar-refractivity contribution in [3.8, 4) is 11.5 Å². The average Bonchev–Trinajstić information content (AvgIpc) is 3.66. The molecular formula is C30H39N3O5. The summed E-state index contributed by atoms with van der Waals surface area (Å²) in [6.45, 7) is 3.05. The van der Waals surface area contributed by atoms with Gasteiger partial charge in [-0.1, -0.05) is 30.3 Å². The number of carbonyl (C=O) groups is 2. The van der Waals surface area contributed by atoms with Crippen LogP contribution in [0.15, 0.2) is 48.5 Å². The summed E-state index contributed by atoms with van der Waals surface area (Å²) >= 11 is 0. The Morgan fingerprint density at radius 1 is 0.895 bits per heavy atom. The zero-order valence-electron chi connectivity index (χ0n) is 22.5. The second-order valence-corrected chi connectivity index (χ2v) is 10.6. The summed E-state index contributed by atoms with van der Waals surface area (Å²) in [4.78, 5) is 31.9. The van der Waals surface area contributed by atoms with Crippen LogP contribution in [0.2, 0.25) is 0 Å². The fraction of sp³-hybridized carbons (Fsp3) is 0.533. The first kappa shape index (κ1) is 26.2. The van der Waals surface area contributed by atoms with E-state index in [0.717, 1.165) is 43.0 Å². The number of ether oxygens (including phenoxy) is 3. The minimum atomic E-state index is -0.240. The number of benzene rings is 2. The lowest BCUT2D eigenvalue weighted by Crippen LogP contribution is -2.59. The zero-order valence-corrected chi connectivity index (χ0v) is 22.5. The topological polar surface area (TPSA) is 71.6 Å². The molecule has 1 aliphatic carbocycles. The molecule has 2 amide bonds. The molecule has 0 bridgehead atoms. The SMILES string of the molecule is COC(=O)C1CCN(C(=O)N2CCN(c3ccc(OC)c(OC4CCCC4)c3)CC2Cc2ccccc2)C1. The minimum Gasteiger partial charge on any atom is -0.493 e. The Morgan fingerprint density at radius 2 is 1.68 bits per heavy atom. The van der Waals surface area contributed by atoms with Crippen molar-refractivity contribution in [1.29, 1.82) is 0 Å². The van der Waals surface area contributed by atoms with Gasteiger partial charge in [-0.2, -0.15) is 0 Å².